The molecule has 2 heteroatoms. The van der Waals surface area contributed by atoms with Crippen molar-refractivity contribution in [2.45, 2.75) is 0 Å². The molecule has 2 aromatic heterocycles. The fourth-order valence-corrected chi connectivity index (χ4v) is 8.21. The van der Waals surface area contributed by atoms with Gasteiger partial charge in [0.1, 0.15) is 22.3 Å². The molecule has 9 aromatic carbocycles. The molecule has 11 aromatic rings. The largest absolute Gasteiger partial charge is 0.455 e. The average molecular weight is 611 g/mol. The molecule has 0 saturated carbocycles. The summed E-state index contributed by atoms with van der Waals surface area (Å²) in [4.78, 5) is 0. The predicted molar refractivity (Wildman–Crippen MR) is 202 cm³/mol. The molecule has 0 aliphatic carbocycles. The Kier molecular flexibility index (Phi) is 5.14. The lowest BCUT2D eigenvalue weighted by Crippen LogP contribution is -1.93. The van der Waals surface area contributed by atoms with E-state index in [9.17, 15) is 0 Å². The van der Waals surface area contributed by atoms with Crippen LogP contribution in [0.25, 0.3) is 109 Å². The monoisotopic (exact) mass is 610 g/mol. The lowest BCUT2D eigenvalue weighted by atomic mass is 9.82. The molecular formula is C46H26O2. The topological polar surface area (TPSA) is 26.3 Å². The third-order valence-corrected chi connectivity index (χ3v) is 10.2. The summed E-state index contributed by atoms with van der Waals surface area (Å²) in [5.74, 6) is 0. The second-order valence-corrected chi connectivity index (χ2v) is 12.7. The third-order valence-electron chi connectivity index (χ3n) is 10.2. The number of hydrogen-bond donors (Lipinski definition) is 0. The van der Waals surface area contributed by atoms with Crippen LogP contribution >= 0.6 is 0 Å². The van der Waals surface area contributed by atoms with Gasteiger partial charge in [-0.05, 0) is 67.4 Å². The lowest BCUT2D eigenvalue weighted by Gasteiger charge is -2.20. The first-order valence-corrected chi connectivity index (χ1v) is 16.4. The fourth-order valence-electron chi connectivity index (χ4n) is 8.21. The SMILES string of the molecule is c1ccc2c(-c3c4ccccc4c(-c4c5ccccc5cc5c4oc4ccccc45)c4ccccc34)c3oc4ccccc4c3cc2c1. The van der Waals surface area contributed by atoms with Crippen molar-refractivity contribution in [3.05, 3.63) is 158 Å². The number of hydrogen-bond acceptors (Lipinski definition) is 2. The predicted octanol–water partition coefficient (Wildman–Crippen LogP) is 13.4. The second-order valence-electron chi connectivity index (χ2n) is 12.7. The van der Waals surface area contributed by atoms with Crippen LogP contribution in [-0.4, -0.2) is 0 Å². The zero-order valence-corrected chi connectivity index (χ0v) is 25.8. The van der Waals surface area contributed by atoms with E-state index >= 15 is 0 Å². The first kappa shape index (κ1) is 25.8. The van der Waals surface area contributed by atoms with E-state index < -0.39 is 0 Å². The Morgan fingerprint density at radius 1 is 0.250 bits per heavy atom. The highest BCUT2D eigenvalue weighted by Gasteiger charge is 2.25. The highest BCUT2D eigenvalue weighted by atomic mass is 16.3. The van der Waals surface area contributed by atoms with Crippen LogP contribution in [0.5, 0.6) is 0 Å². The summed E-state index contributed by atoms with van der Waals surface area (Å²) in [6.45, 7) is 0. The van der Waals surface area contributed by atoms with Crippen LogP contribution in [0.4, 0.5) is 0 Å². The zero-order valence-electron chi connectivity index (χ0n) is 25.8. The summed E-state index contributed by atoms with van der Waals surface area (Å²) in [6, 6.07) is 56.5. The van der Waals surface area contributed by atoms with Crippen LogP contribution in [0.3, 0.4) is 0 Å². The highest BCUT2D eigenvalue weighted by Crippen LogP contribution is 2.51. The van der Waals surface area contributed by atoms with Crippen LogP contribution in [0.15, 0.2) is 167 Å². The van der Waals surface area contributed by atoms with Gasteiger partial charge in [0.25, 0.3) is 0 Å². The Bertz CT molecular complexity index is 2850. The normalized spacial score (nSPS) is 12.2. The molecule has 0 radical (unpaired) electrons. The lowest BCUT2D eigenvalue weighted by molar-refractivity contribution is 0.670. The Morgan fingerprint density at radius 3 is 0.958 bits per heavy atom. The molecule has 0 unspecified atom stereocenters. The van der Waals surface area contributed by atoms with E-state index in [2.05, 4.69) is 146 Å². The van der Waals surface area contributed by atoms with Crippen molar-refractivity contribution in [3.8, 4) is 22.3 Å². The molecule has 11 rings (SSSR count). The summed E-state index contributed by atoms with van der Waals surface area (Å²) in [5.41, 5.74) is 8.27. The first-order chi connectivity index (χ1) is 23.8. The van der Waals surface area contributed by atoms with Crippen molar-refractivity contribution >= 4 is 87.0 Å². The van der Waals surface area contributed by atoms with Crippen LogP contribution in [0.1, 0.15) is 0 Å². The summed E-state index contributed by atoms with van der Waals surface area (Å²) >= 11 is 0. The van der Waals surface area contributed by atoms with Crippen LogP contribution in [0, 0.1) is 0 Å². The first-order valence-electron chi connectivity index (χ1n) is 16.4. The summed E-state index contributed by atoms with van der Waals surface area (Å²) < 4.78 is 13.6. The van der Waals surface area contributed by atoms with Crippen LogP contribution in [0.2, 0.25) is 0 Å². The molecular weight excluding hydrogens is 585 g/mol. The van der Waals surface area contributed by atoms with Gasteiger partial charge in [0.05, 0.1) is 0 Å². The van der Waals surface area contributed by atoms with E-state index in [1.165, 1.54) is 54.2 Å². The van der Waals surface area contributed by atoms with E-state index in [-0.39, 0.29) is 0 Å². The molecule has 0 bridgehead atoms. The van der Waals surface area contributed by atoms with E-state index in [1.54, 1.807) is 0 Å². The van der Waals surface area contributed by atoms with Crippen molar-refractivity contribution in [2.75, 3.05) is 0 Å². The maximum atomic E-state index is 6.79. The smallest absolute Gasteiger partial charge is 0.143 e. The highest BCUT2D eigenvalue weighted by molar-refractivity contribution is 6.31. The molecule has 222 valence electrons. The van der Waals surface area contributed by atoms with Crippen molar-refractivity contribution in [1.82, 2.24) is 0 Å². The maximum absolute atomic E-state index is 6.79. The van der Waals surface area contributed by atoms with Crippen molar-refractivity contribution in [3.63, 3.8) is 0 Å². The van der Waals surface area contributed by atoms with Gasteiger partial charge in [-0.15, -0.1) is 0 Å². The molecule has 0 spiro atoms. The van der Waals surface area contributed by atoms with Gasteiger partial charge in [-0.1, -0.05) is 133 Å². The van der Waals surface area contributed by atoms with Gasteiger partial charge in [-0.25, -0.2) is 0 Å². The van der Waals surface area contributed by atoms with E-state index in [0.717, 1.165) is 55.0 Å². The molecule has 2 heterocycles. The minimum atomic E-state index is 0.900. The third kappa shape index (κ3) is 3.41. The molecule has 0 amide bonds. The maximum Gasteiger partial charge on any atom is 0.143 e. The summed E-state index contributed by atoms with van der Waals surface area (Å²) in [6.07, 6.45) is 0. The molecule has 0 aliphatic heterocycles. The van der Waals surface area contributed by atoms with E-state index in [1.807, 2.05) is 12.1 Å². The van der Waals surface area contributed by atoms with Gasteiger partial charge >= 0.3 is 0 Å². The number of fused-ring (bicyclic) bond motifs is 10. The van der Waals surface area contributed by atoms with Crippen molar-refractivity contribution in [2.24, 2.45) is 0 Å². The van der Waals surface area contributed by atoms with Gasteiger partial charge in [0.15, 0.2) is 0 Å². The quantitative estimate of drug-likeness (QED) is 0.182. The molecule has 2 nitrogen and oxygen atoms in total. The Morgan fingerprint density at radius 2 is 0.562 bits per heavy atom. The van der Waals surface area contributed by atoms with Crippen LogP contribution in [-0.2, 0) is 0 Å². The zero-order chi connectivity index (χ0) is 31.3. The minimum Gasteiger partial charge on any atom is -0.455 e. The molecule has 0 fully saturated rings. The Labute approximate surface area is 275 Å². The van der Waals surface area contributed by atoms with Crippen molar-refractivity contribution < 1.29 is 8.83 Å². The van der Waals surface area contributed by atoms with Gasteiger partial charge < -0.3 is 8.83 Å². The molecule has 0 aliphatic rings. The van der Waals surface area contributed by atoms with Crippen molar-refractivity contribution in [1.29, 1.82) is 0 Å². The molecule has 48 heavy (non-hydrogen) atoms. The number of rotatable bonds is 2. The van der Waals surface area contributed by atoms with Gasteiger partial charge in [0, 0.05) is 43.8 Å². The number of furan rings is 2. The van der Waals surface area contributed by atoms with Gasteiger partial charge in [-0.3, -0.25) is 0 Å². The van der Waals surface area contributed by atoms with Gasteiger partial charge in [0.2, 0.25) is 0 Å². The van der Waals surface area contributed by atoms with Gasteiger partial charge in [-0.2, -0.15) is 0 Å². The van der Waals surface area contributed by atoms with E-state index in [0.29, 0.717) is 0 Å². The standard InChI is InChI=1S/C46H26O2/c1-3-15-29-27(13-1)25-37-31-17-9-11-23-39(31)47-45(37)43(29)41-33-19-5-7-21-35(33)42(36-22-8-6-20-34(36)41)44-30-16-4-2-14-28(30)26-38-32-18-10-12-24-40(32)48-46(38)44/h1-26H. The number of para-hydroxylation sites is 2. The molecule has 0 atom stereocenters. The molecule has 0 N–H and O–H groups in total. The Balaban J connectivity index is 1.38. The Hall–Kier alpha value is -6.38. The second kappa shape index (κ2) is 9.57. The van der Waals surface area contributed by atoms with E-state index in [4.69, 9.17) is 8.83 Å². The average Bonchev–Trinajstić information content (AvgIpc) is 3.70. The minimum absolute atomic E-state index is 0.900. The summed E-state index contributed by atoms with van der Waals surface area (Å²) in [5, 5.41) is 14.0. The van der Waals surface area contributed by atoms with Crippen LogP contribution < -0.4 is 0 Å². The fraction of sp³-hybridized carbons (Fsp3) is 0. The number of benzene rings is 9. The summed E-state index contributed by atoms with van der Waals surface area (Å²) in [7, 11) is 0. The molecule has 0 saturated heterocycles.